The van der Waals surface area contributed by atoms with Gasteiger partial charge >= 0.3 is 5.97 Å². The fraction of sp³-hybridized carbons (Fsp3) is 0.938. The lowest BCUT2D eigenvalue weighted by Gasteiger charge is -2.37. The normalized spacial score (nSPS) is 33.5. The molecule has 2 N–H and O–H groups in total. The number of ether oxygens (including phenoxy) is 1. The molecule has 3 atom stereocenters. The topological polar surface area (TPSA) is 55.6 Å². The summed E-state index contributed by atoms with van der Waals surface area (Å²) in [6, 6.07) is 0.667. The first-order chi connectivity index (χ1) is 9.65. The minimum absolute atomic E-state index is 0.179. The Balaban J connectivity index is 1.68. The molecule has 114 valence electrons. The third kappa shape index (κ3) is 2.60. The molecule has 0 amide bonds. The summed E-state index contributed by atoms with van der Waals surface area (Å²) >= 11 is 0. The highest BCUT2D eigenvalue weighted by Gasteiger charge is 2.51. The Morgan fingerprint density at radius 3 is 2.70 bits per heavy atom. The van der Waals surface area contributed by atoms with Gasteiger partial charge in [-0.1, -0.05) is 12.8 Å². The maximum Gasteiger partial charge on any atom is 0.327 e. The molecule has 3 fully saturated rings. The van der Waals surface area contributed by atoms with Crippen molar-refractivity contribution in [3.8, 4) is 0 Å². The molecule has 0 aromatic carbocycles. The van der Waals surface area contributed by atoms with E-state index in [0.29, 0.717) is 25.1 Å². The van der Waals surface area contributed by atoms with Crippen LogP contribution in [-0.2, 0) is 9.53 Å². The number of esters is 1. The first kappa shape index (κ1) is 14.3. The summed E-state index contributed by atoms with van der Waals surface area (Å²) in [5, 5.41) is 0. The summed E-state index contributed by atoms with van der Waals surface area (Å²) in [5.41, 5.74) is 5.76. The molecule has 1 heterocycles. The van der Waals surface area contributed by atoms with E-state index >= 15 is 0 Å². The van der Waals surface area contributed by atoms with E-state index in [2.05, 4.69) is 4.90 Å². The molecule has 0 bridgehead atoms. The predicted molar refractivity (Wildman–Crippen MR) is 78.2 cm³/mol. The van der Waals surface area contributed by atoms with Crippen molar-refractivity contribution in [2.75, 3.05) is 19.7 Å². The summed E-state index contributed by atoms with van der Waals surface area (Å²) in [6.45, 7) is 4.10. The van der Waals surface area contributed by atoms with Crippen molar-refractivity contribution in [1.29, 1.82) is 0 Å². The maximum absolute atomic E-state index is 12.3. The van der Waals surface area contributed by atoms with Crippen LogP contribution < -0.4 is 5.73 Å². The van der Waals surface area contributed by atoms with Gasteiger partial charge in [0.05, 0.1) is 6.61 Å². The molecule has 4 nitrogen and oxygen atoms in total. The number of carbonyl (C=O) groups excluding carboxylic acids is 1. The fourth-order valence-corrected chi connectivity index (χ4v) is 4.26. The van der Waals surface area contributed by atoms with Gasteiger partial charge in [-0.3, -0.25) is 4.90 Å². The molecule has 2 aliphatic carbocycles. The highest BCUT2D eigenvalue weighted by atomic mass is 16.5. The smallest absolute Gasteiger partial charge is 0.327 e. The summed E-state index contributed by atoms with van der Waals surface area (Å²) in [6.07, 6.45) is 8.81. The molecule has 0 aromatic rings. The number of carbonyl (C=O) groups is 1. The predicted octanol–water partition coefficient (Wildman–Crippen LogP) is 1.92. The van der Waals surface area contributed by atoms with E-state index in [9.17, 15) is 4.79 Å². The molecule has 3 aliphatic rings. The van der Waals surface area contributed by atoms with Crippen LogP contribution in [0.4, 0.5) is 0 Å². The Labute approximate surface area is 122 Å². The second-order valence-electron chi connectivity index (χ2n) is 6.91. The van der Waals surface area contributed by atoms with Crippen LogP contribution in [0.3, 0.4) is 0 Å². The molecule has 0 aromatic heterocycles. The van der Waals surface area contributed by atoms with Gasteiger partial charge in [-0.05, 0) is 57.4 Å². The van der Waals surface area contributed by atoms with E-state index in [1.807, 2.05) is 6.92 Å². The van der Waals surface area contributed by atoms with Crippen LogP contribution in [0.5, 0.6) is 0 Å². The molecule has 20 heavy (non-hydrogen) atoms. The SMILES string of the molecule is CCOC(=O)C(N)(CN1CCC2CCCCC21)C1CC1. The van der Waals surface area contributed by atoms with Crippen molar-refractivity contribution >= 4 is 5.97 Å². The minimum atomic E-state index is -0.762. The average Bonchev–Trinajstić information content (AvgIpc) is 3.23. The van der Waals surface area contributed by atoms with Crippen molar-refractivity contribution in [1.82, 2.24) is 4.90 Å². The molecule has 2 saturated carbocycles. The van der Waals surface area contributed by atoms with Gasteiger partial charge in [0.1, 0.15) is 5.54 Å². The van der Waals surface area contributed by atoms with Gasteiger partial charge in [-0.15, -0.1) is 0 Å². The quantitative estimate of drug-likeness (QED) is 0.782. The van der Waals surface area contributed by atoms with E-state index in [0.717, 1.165) is 25.3 Å². The molecule has 1 saturated heterocycles. The number of likely N-dealkylation sites (tertiary alicyclic amines) is 1. The van der Waals surface area contributed by atoms with Crippen molar-refractivity contribution in [2.45, 2.75) is 63.5 Å². The number of fused-ring (bicyclic) bond motifs is 1. The van der Waals surface area contributed by atoms with Gasteiger partial charge in [-0.2, -0.15) is 0 Å². The summed E-state index contributed by atoms with van der Waals surface area (Å²) in [4.78, 5) is 14.8. The number of nitrogens with two attached hydrogens (primary N) is 1. The third-order valence-electron chi connectivity index (χ3n) is 5.55. The molecule has 3 unspecified atom stereocenters. The Kier molecular flexibility index (Phi) is 4.04. The number of nitrogens with zero attached hydrogens (tertiary/aromatic N) is 1. The van der Waals surface area contributed by atoms with Crippen molar-refractivity contribution in [2.24, 2.45) is 17.6 Å². The highest BCUT2D eigenvalue weighted by Crippen LogP contribution is 2.42. The van der Waals surface area contributed by atoms with Crippen molar-refractivity contribution < 1.29 is 9.53 Å². The zero-order chi connectivity index (χ0) is 14.2. The van der Waals surface area contributed by atoms with E-state index in [-0.39, 0.29) is 5.97 Å². The van der Waals surface area contributed by atoms with E-state index in [1.165, 1.54) is 32.1 Å². The summed E-state index contributed by atoms with van der Waals surface area (Å²) in [5.74, 6) is 1.00. The lowest BCUT2D eigenvalue weighted by molar-refractivity contribution is -0.151. The first-order valence-electron chi connectivity index (χ1n) is 8.35. The standard InChI is InChI=1S/C16H28N2O2/c1-2-20-15(19)16(17,13-7-8-13)11-18-10-9-12-5-3-4-6-14(12)18/h12-14H,2-11,17H2,1H3. The molecular formula is C16H28N2O2. The van der Waals surface area contributed by atoms with Crippen LogP contribution in [0, 0.1) is 11.8 Å². The van der Waals surface area contributed by atoms with Gasteiger partial charge in [0.25, 0.3) is 0 Å². The van der Waals surface area contributed by atoms with E-state index in [1.54, 1.807) is 0 Å². The largest absolute Gasteiger partial charge is 0.465 e. The van der Waals surface area contributed by atoms with Crippen molar-refractivity contribution in [3.05, 3.63) is 0 Å². The Bertz CT molecular complexity index is 369. The molecule has 4 heteroatoms. The van der Waals surface area contributed by atoms with Crippen LogP contribution >= 0.6 is 0 Å². The van der Waals surface area contributed by atoms with Gasteiger partial charge in [0, 0.05) is 12.6 Å². The molecule has 1 aliphatic heterocycles. The first-order valence-corrected chi connectivity index (χ1v) is 8.35. The molecule has 0 radical (unpaired) electrons. The Morgan fingerprint density at radius 1 is 1.25 bits per heavy atom. The number of hydrogen-bond donors (Lipinski definition) is 1. The fourth-order valence-electron chi connectivity index (χ4n) is 4.26. The number of rotatable bonds is 5. The van der Waals surface area contributed by atoms with E-state index < -0.39 is 5.54 Å². The second-order valence-corrected chi connectivity index (χ2v) is 6.91. The van der Waals surface area contributed by atoms with Gasteiger partial charge < -0.3 is 10.5 Å². The van der Waals surface area contributed by atoms with Crippen LogP contribution in [0.1, 0.15) is 51.9 Å². The lowest BCUT2D eigenvalue weighted by Crippen LogP contribution is -2.59. The van der Waals surface area contributed by atoms with Gasteiger partial charge in [-0.25, -0.2) is 4.79 Å². The van der Waals surface area contributed by atoms with Crippen molar-refractivity contribution in [3.63, 3.8) is 0 Å². The minimum Gasteiger partial charge on any atom is -0.465 e. The summed E-state index contributed by atoms with van der Waals surface area (Å²) in [7, 11) is 0. The zero-order valence-electron chi connectivity index (χ0n) is 12.6. The Hall–Kier alpha value is -0.610. The Morgan fingerprint density at radius 2 is 2.00 bits per heavy atom. The van der Waals surface area contributed by atoms with Gasteiger partial charge in [0.2, 0.25) is 0 Å². The average molecular weight is 280 g/mol. The highest BCUT2D eigenvalue weighted by molar-refractivity contribution is 5.82. The van der Waals surface area contributed by atoms with E-state index in [4.69, 9.17) is 10.5 Å². The maximum atomic E-state index is 12.3. The lowest BCUT2D eigenvalue weighted by atomic mass is 9.84. The summed E-state index contributed by atoms with van der Waals surface area (Å²) < 4.78 is 5.26. The molecular weight excluding hydrogens is 252 g/mol. The van der Waals surface area contributed by atoms with Crippen LogP contribution in [0.15, 0.2) is 0 Å². The molecule has 0 spiro atoms. The zero-order valence-corrected chi connectivity index (χ0v) is 12.6. The monoisotopic (exact) mass is 280 g/mol. The molecule has 3 rings (SSSR count). The van der Waals surface area contributed by atoms with Crippen LogP contribution in [0.2, 0.25) is 0 Å². The third-order valence-corrected chi connectivity index (χ3v) is 5.55. The number of hydrogen-bond acceptors (Lipinski definition) is 4. The van der Waals surface area contributed by atoms with Gasteiger partial charge in [0.15, 0.2) is 0 Å². The van der Waals surface area contributed by atoms with Crippen LogP contribution in [-0.4, -0.2) is 42.1 Å². The van der Waals surface area contributed by atoms with Crippen LogP contribution in [0.25, 0.3) is 0 Å². The second kappa shape index (κ2) is 5.64.